The van der Waals surface area contributed by atoms with Gasteiger partial charge in [0.1, 0.15) is 12.4 Å². The summed E-state index contributed by atoms with van der Waals surface area (Å²) in [6.07, 6.45) is 3.05. The zero-order valence-electron chi connectivity index (χ0n) is 13.4. The largest absolute Gasteiger partial charge is 0.340 e. The van der Waals surface area contributed by atoms with Gasteiger partial charge in [0.2, 0.25) is 5.91 Å². The van der Waals surface area contributed by atoms with Gasteiger partial charge in [-0.3, -0.25) is 4.79 Å². The van der Waals surface area contributed by atoms with E-state index in [0.29, 0.717) is 12.6 Å². The Hall–Kier alpha value is -1.88. The minimum absolute atomic E-state index is 0.192. The Bertz CT molecular complexity index is 664. The van der Waals surface area contributed by atoms with Gasteiger partial charge in [-0.25, -0.2) is 4.98 Å². The highest BCUT2D eigenvalue weighted by Gasteiger charge is 2.23. The molecule has 1 amide bonds. The van der Waals surface area contributed by atoms with Gasteiger partial charge in [0.05, 0.1) is 11.0 Å². The second-order valence-electron chi connectivity index (χ2n) is 5.92. The van der Waals surface area contributed by atoms with Crippen molar-refractivity contribution in [2.24, 2.45) is 0 Å². The second-order valence-corrected chi connectivity index (χ2v) is 5.92. The molecule has 5 nitrogen and oxygen atoms in total. The number of para-hydroxylation sites is 2. The topological polar surface area (TPSA) is 50.2 Å². The van der Waals surface area contributed by atoms with Crippen molar-refractivity contribution in [3.63, 3.8) is 0 Å². The number of likely N-dealkylation sites (tertiary alicyclic amines) is 1. The fourth-order valence-corrected chi connectivity index (χ4v) is 3.25. The highest BCUT2D eigenvalue weighted by Crippen LogP contribution is 2.18. The van der Waals surface area contributed by atoms with Gasteiger partial charge < -0.3 is 14.8 Å². The maximum atomic E-state index is 12.7. The summed E-state index contributed by atoms with van der Waals surface area (Å²) in [6, 6.07) is 8.46. The molecular formula is C17H24N4O. The lowest BCUT2D eigenvalue weighted by Crippen LogP contribution is -2.47. The van der Waals surface area contributed by atoms with E-state index < -0.39 is 0 Å². The van der Waals surface area contributed by atoms with Crippen LogP contribution in [0.5, 0.6) is 0 Å². The molecule has 3 rings (SSSR count). The Labute approximate surface area is 131 Å². The number of hydrogen-bond donors (Lipinski definition) is 1. The molecule has 1 aromatic carbocycles. The predicted octanol–water partition coefficient (Wildman–Crippen LogP) is 1.81. The summed E-state index contributed by atoms with van der Waals surface area (Å²) in [5.41, 5.74) is 2.02. The van der Waals surface area contributed by atoms with E-state index >= 15 is 0 Å². The first-order valence-electron chi connectivity index (χ1n) is 8.12. The third-order valence-electron chi connectivity index (χ3n) is 4.53. The van der Waals surface area contributed by atoms with Crippen LogP contribution in [0.15, 0.2) is 24.3 Å². The van der Waals surface area contributed by atoms with Crippen LogP contribution in [0.4, 0.5) is 0 Å². The zero-order valence-corrected chi connectivity index (χ0v) is 13.4. The van der Waals surface area contributed by atoms with Crippen LogP contribution < -0.4 is 5.32 Å². The minimum atomic E-state index is 0.192. The van der Waals surface area contributed by atoms with Crippen molar-refractivity contribution in [2.75, 3.05) is 20.1 Å². The molecule has 22 heavy (non-hydrogen) atoms. The van der Waals surface area contributed by atoms with Crippen molar-refractivity contribution in [3.8, 4) is 0 Å². The lowest BCUT2D eigenvalue weighted by molar-refractivity contribution is -0.133. The Balaban J connectivity index is 1.81. The van der Waals surface area contributed by atoms with E-state index in [0.717, 1.165) is 49.2 Å². The fraction of sp³-hybridized carbons (Fsp3) is 0.529. The number of fused-ring (bicyclic) bond motifs is 1. The molecule has 1 N–H and O–H groups in total. The van der Waals surface area contributed by atoms with Gasteiger partial charge >= 0.3 is 0 Å². The van der Waals surface area contributed by atoms with Crippen LogP contribution in [-0.2, 0) is 17.8 Å². The number of aryl methyl sites for hydroxylation is 1. The number of hydrogen-bond acceptors (Lipinski definition) is 3. The predicted molar refractivity (Wildman–Crippen MR) is 87.8 cm³/mol. The number of carbonyl (C=O) groups is 1. The summed E-state index contributed by atoms with van der Waals surface area (Å²) in [5, 5.41) is 3.29. The summed E-state index contributed by atoms with van der Waals surface area (Å²) in [5.74, 6) is 1.18. The number of amides is 1. The van der Waals surface area contributed by atoms with Gasteiger partial charge in [0.15, 0.2) is 0 Å². The lowest BCUT2D eigenvalue weighted by Gasteiger charge is -2.32. The molecule has 1 saturated heterocycles. The van der Waals surface area contributed by atoms with E-state index in [1.54, 1.807) is 0 Å². The molecule has 1 aliphatic heterocycles. The van der Waals surface area contributed by atoms with Crippen molar-refractivity contribution >= 4 is 16.9 Å². The Kier molecular flexibility index (Phi) is 4.43. The third-order valence-corrected chi connectivity index (χ3v) is 4.53. The molecule has 1 aromatic heterocycles. The maximum absolute atomic E-state index is 12.7. The standard InChI is InChI=1S/C17H24N4O/c1-3-16-19-14-8-4-5-9-15(14)21(16)12-17(22)20-10-6-7-13(11-20)18-2/h4-5,8-9,13,18H,3,6-7,10-12H2,1-2H3. The smallest absolute Gasteiger partial charge is 0.242 e. The van der Waals surface area contributed by atoms with Crippen LogP contribution >= 0.6 is 0 Å². The van der Waals surface area contributed by atoms with Gasteiger partial charge in [-0.05, 0) is 32.0 Å². The minimum Gasteiger partial charge on any atom is -0.340 e. The molecule has 2 aromatic rings. The van der Waals surface area contributed by atoms with E-state index in [9.17, 15) is 4.79 Å². The molecule has 0 bridgehead atoms. The van der Waals surface area contributed by atoms with Crippen molar-refractivity contribution in [1.82, 2.24) is 19.8 Å². The first-order chi connectivity index (χ1) is 10.7. The van der Waals surface area contributed by atoms with Crippen LogP contribution in [-0.4, -0.2) is 46.5 Å². The Morgan fingerprint density at radius 2 is 2.23 bits per heavy atom. The molecular weight excluding hydrogens is 276 g/mol. The summed E-state index contributed by atoms with van der Waals surface area (Å²) < 4.78 is 2.07. The quantitative estimate of drug-likeness (QED) is 0.937. The van der Waals surface area contributed by atoms with Gasteiger partial charge in [-0.2, -0.15) is 0 Å². The lowest BCUT2D eigenvalue weighted by atomic mass is 10.1. The van der Waals surface area contributed by atoms with Crippen LogP contribution in [0.3, 0.4) is 0 Å². The summed E-state index contributed by atoms with van der Waals surface area (Å²) in [6.45, 7) is 4.15. The van der Waals surface area contributed by atoms with Gasteiger partial charge in [-0.15, -0.1) is 0 Å². The molecule has 0 spiro atoms. The van der Waals surface area contributed by atoms with E-state index in [-0.39, 0.29) is 5.91 Å². The monoisotopic (exact) mass is 300 g/mol. The molecule has 0 saturated carbocycles. The zero-order chi connectivity index (χ0) is 15.5. The van der Waals surface area contributed by atoms with E-state index in [4.69, 9.17) is 0 Å². The first kappa shape index (κ1) is 15.0. The van der Waals surface area contributed by atoms with Crippen LogP contribution in [0.2, 0.25) is 0 Å². The van der Waals surface area contributed by atoms with E-state index in [1.165, 1.54) is 0 Å². The molecule has 0 radical (unpaired) electrons. The van der Waals surface area contributed by atoms with Crippen molar-refractivity contribution in [1.29, 1.82) is 0 Å². The molecule has 1 fully saturated rings. The molecule has 5 heteroatoms. The third kappa shape index (κ3) is 2.86. The number of piperidine rings is 1. The highest BCUT2D eigenvalue weighted by molar-refractivity contribution is 5.81. The van der Waals surface area contributed by atoms with Crippen LogP contribution in [0.1, 0.15) is 25.6 Å². The number of likely N-dealkylation sites (N-methyl/N-ethyl adjacent to an activating group) is 1. The molecule has 0 aliphatic carbocycles. The fourth-order valence-electron chi connectivity index (χ4n) is 3.25. The van der Waals surface area contributed by atoms with Gasteiger partial charge in [-0.1, -0.05) is 19.1 Å². The van der Waals surface area contributed by atoms with Crippen LogP contribution in [0, 0.1) is 0 Å². The summed E-state index contributed by atoms with van der Waals surface area (Å²) >= 11 is 0. The normalized spacial score (nSPS) is 18.8. The van der Waals surface area contributed by atoms with E-state index in [2.05, 4.69) is 21.8 Å². The summed E-state index contributed by atoms with van der Waals surface area (Å²) in [7, 11) is 1.97. The van der Waals surface area contributed by atoms with Gasteiger partial charge in [0.25, 0.3) is 0 Å². The number of nitrogens with one attached hydrogen (secondary N) is 1. The highest BCUT2D eigenvalue weighted by atomic mass is 16.2. The molecule has 2 heterocycles. The van der Waals surface area contributed by atoms with Crippen molar-refractivity contribution in [2.45, 2.75) is 38.8 Å². The first-order valence-corrected chi connectivity index (χ1v) is 8.12. The SMILES string of the molecule is CCc1nc2ccccc2n1CC(=O)N1CCCC(NC)C1. The van der Waals surface area contributed by atoms with Crippen molar-refractivity contribution in [3.05, 3.63) is 30.1 Å². The average molecular weight is 300 g/mol. The van der Waals surface area contributed by atoms with Gasteiger partial charge in [0, 0.05) is 25.6 Å². The number of rotatable bonds is 4. The Morgan fingerprint density at radius 3 is 3.00 bits per heavy atom. The number of aromatic nitrogens is 2. The number of carbonyl (C=O) groups excluding carboxylic acids is 1. The maximum Gasteiger partial charge on any atom is 0.242 e. The van der Waals surface area contributed by atoms with Crippen LogP contribution in [0.25, 0.3) is 11.0 Å². The number of nitrogens with zero attached hydrogens (tertiary/aromatic N) is 3. The Morgan fingerprint density at radius 1 is 1.41 bits per heavy atom. The molecule has 1 atom stereocenters. The number of benzene rings is 1. The average Bonchev–Trinajstić information content (AvgIpc) is 2.93. The van der Waals surface area contributed by atoms with Crippen molar-refractivity contribution < 1.29 is 4.79 Å². The molecule has 118 valence electrons. The summed E-state index contributed by atoms with van der Waals surface area (Å²) in [4.78, 5) is 19.3. The second kappa shape index (κ2) is 6.48. The molecule has 1 aliphatic rings. The van der Waals surface area contributed by atoms with E-state index in [1.807, 2.05) is 36.2 Å². The number of imidazole rings is 1. The molecule has 1 unspecified atom stereocenters.